The standard InChI is InChI=1S/C26H24N2O6S2/c1-4-33-25(32)22-15(2)27-26-28(23(22)17-8-10-19(35-3)11-9-17)24(31)20(36-26)13-16-6-5-7-18(12-16)34-14-21(29)30/h5-13,23H,4,14H2,1-3H3,(H,29,30)/b20-13-/t23-/m0/s1. The van der Waals surface area contributed by atoms with E-state index in [2.05, 4.69) is 4.99 Å². The number of allylic oxidation sites excluding steroid dienone is 1. The van der Waals surface area contributed by atoms with Gasteiger partial charge in [-0.1, -0.05) is 35.6 Å². The average molecular weight is 525 g/mol. The summed E-state index contributed by atoms with van der Waals surface area (Å²) >= 11 is 2.82. The van der Waals surface area contributed by atoms with Gasteiger partial charge in [0.15, 0.2) is 11.4 Å². The third-order valence-corrected chi connectivity index (χ3v) is 7.19. The number of carboxylic acids is 1. The first-order chi connectivity index (χ1) is 17.3. The Morgan fingerprint density at radius 3 is 2.64 bits per heavy atom. The molecule has 1 aromatic heterocycles. The summed E-state index contributed by atoms with van der Waals surface area (Å²) in [7, 11) is 0. The number of aromatic nitrogens is 1. The minimum absolute atomic E-state index is 0.207. The van der Waals surface area contributed by atoms with Crippen LogP contribution in [0, 0.1) is 0 Å². The van der Waals surface area contributed by atoms with Gasteiger partial charge < -0.3 is 14.6 Å². The molecule has 3 aromatic rings. The van der Waals surface area contributed by atoms with E-state index in [9.17, 15) is 14.4 Å². The molecule has 8 nitrogen and oxygen atoms in total. The van der Waals surface area contributed by atoms with Crippen molar-refractivity contribution in [3.05, 3.63) is 90.6 Å². The number of esters is 1. The number of thiazole rings is 1. The SMILES string of the molecule is CCOC(=O)C1=C(C)N=c2s/c(=C\c3cccc(OCC(=O)O)c3)c(=O)n2[C@H]1c1ccc(SC)cc1. The molecule has 0 saturated carbocycles. The van der Waals surface area contributed by atoms with Crippen LogP contribution in [-0.4, -0.2) is 41.1 Å². The second-order valence-corrected chi connectivity index (χ2v) is 9.72. The van der Waals surface area contributed by atoms with Gasteiger partial charge in [-0.05, 0) is 61.6 Å². The molecule has 0 radical (unpaired) electrons. The van der Waals surface area contributed by atoms with Crippen molar-refractivity contribution in [1.29, 1.82) is 0 Å². The molecular weight excluding hydrogens is 500 g/mol. The number of rotatable bonds is 8. The van der Waals surface area contributed by atoms with Crippen LogP contribution < -0.4 is 19.6 Å². The second-order valence-electron chi connectivity index (χ2n) is 7.83. The number of carboxylic acid groups (broad SMARTS) is 1. The van der Waals surface area contributed by atoms with Gasteiger partial charge in [0.25, 0.3) is 5.56 Å². The number of ether oxygens (including phenoxy) is 2. The van der Waals surface area contributed by atoms with Crippen molar-refractivity contribution in [2.24, 2.45) is 4.99 Å². The molecular formula is C26H24N2O6S2. The molecule has 0 fully saturated rings. The van der Waals surface area contributed by atoms with Gasteiger partial charge in [0, 0.05) is 4.90 Å². The summed E-state index contributed by atoms with van der Waals surface area (Å²) in [6.45, 7) is 3.23. The molecule has 0 spiro atoms. The number of aliphatic carboxylic acids is 1. The molecule has 1 aliphatic heterocycles. The quantitative estimate of drug-likeness (QED) is 0.357. The van der Waals surface area contributed by atoms with Crippen molar-refractivity contribution in [3.8, 4) is 5.75 Å². The van der Waals surface area contributed by atoms with Crippen LogP contribution in [0.25, 0.3) is 6.08 Å². The predicted octanol–water partition coefficient (Wildman–Crippen LogP) is 2.98. The first-order valence-corrected chi connectivity index (χ1v) is 13.1. The lowest BCUT2D eigenvalue weighted by molar-refractivity contribution is -0.140. The number of thioether (sulfide) groups is 1. The summed E-state index contributed by atoms with van der Waals surface area (Å²) in [6.07, 6.45) is 3.68. The van der Waals surface area contributed by atoms with Crippen LogP contribution in [0.2, 0.25) is 0 Å². The highest BCUT2D eigenvalue weighted by Crippen LogP contribution is 2.31. The smallest absolute Gasteiger partial charge is 0.341 e. The Hall–Kier alpha value is -3.63. The van der Waals surface area contributed by atoms with Crippen molar-refractivity contribution < 1.29 is 24.2 Å². The van der Waals surface area contributed by atoms with Gasteiger partial charge in [-0.25, -0.2) is 14.6 Å². The number of benzene rings is 2. The molecule has 2 aromatic carbocycles. The van der Waals surface area contributed by atoms with Crippen molar-refractivity contribution >= 4 is 41.1 Å². The van der Waals surface area contributed by atoms with Gasteiger partial charge in [0.1, 0.15) is 5.75 Å². The number of hydrogen-bond donors (Lipinski definition) is 1. The number of carbonyl (C=O) groups excluding carboxylic acids is 1. The molecule has 0 unspecified atom stereocenters. The van der Waals surface area contributed by atoms with Gasteiger partial charge in [0.05, 0.1) is 28.5 Å². The maximum Gasteiger partial charge on any atom is 0.341 e. The molecule has 0 bridgehead atoms. The molecule has 0 amide bonds. The summed E-state index contributed by atoms with van der Waals surface area (Å²) in [6, 6.07) is 13.9. The zero-order chi connectivity index (χ0) is 25.8. The van der Waals surface area contributed by atoms with Crippen LogP contribution in [0.3, 0.4) is 0 Å². The summed E-state index contributed by atoms with van der Waals surface area (Å²) < 4.78 is 12.5. The van der Waals surface area contributed by atoms with E-state index >= 15 is 0 Å². The fourth-order valence-electron chi connectivity index (χ4n) is 3.88. The van der Waals surface area contributed by atoms with Gasteiger partial charge >= 0.3 is 11.9 Å². The van der Waals surface area contributed by atoms with Crippen LogP contribution >= 0.6 is 23.1 Å². The van der Waals surface area contributed by atoms with Gasteiger partial charge in [-0.15, -0.1) is 11.8 Å². The van der Waals surface area contributed by atoms with Gasteiger partial charge in [0.2, 0.25) is 0 Å². The molecule has 36 heavy (non-hydrogen) atoms. The molecule has 1 N–H and O–H groups in total. The van der Waals surface area contributed by atoms with E-state index in [4.69, 9.17) is 14.6 Å². The fraction of sp³-hybridized carbons (Fsp3) is 0.231. The van der Waals surface area contributed by atoms with E-state index in [0.29, 0.717) is 31.9 Å². The lowest BCUT2D eigenvalue weighted by Gasteiger charge is -2.24. The summed E-state index contributed by atoms with van der Waals surface area (Å²) in [5.74, 6) is -1.20. The monoisotopic (exact) mass is 524 g/mol. The second kappa shape index (κ2) is 11.0. The topological polar surface area (TPSA) is 107 Å². The van der Waals surface area contributed by atoms with E-state index in [-0.39, 0.29) is 12.2 Å². The normalized spacial score (nSPS) is 15.3. The molecule has 0 saturated heterocycles. The lowest BCUT2D eigenvalue weighted by atomic mass is 9.96. The first-order valence-electron chi connectivity index (χ1n) is 11.1. The van der Waals surface area contributed by atoms with E-state index in [1.807, 2.05) is 30.5 Å². The molecule has 1 atom stereocenters. The van der Waals surface area contributed by atoms with Crippen molar-refractivity contribution in [2.45, 2.75) is 24.8 Å². The highest BCUT2D eigenvalue weighted by molar-refractivity contribution is 7.98. The Balaban J connectivity index is 1.85. The minimum Gasteiger partial charge on any atom is -0.482 e. The number of fused-ring (bicyclic) bond motifs is 1. The fourth-order valence-corrected chi connectivity index (χ4v) is 5.34. The van der Waals surface area contributed by atoms with E-state index < -0.39 is 24.6 Å². The highest BCUT2D eigenvalue weighted by Gasteiger charge is 2.33. The predicted molar refractivity (Wildman–Crippen MR) is 138 cm³/mol. The third-order valence-electron chi connectivity index (χ3n) is 5.47. The van der Waals surface area contributed by atoms with Crippen LogP contribution in [0.1, 0.15) is 31.0 Å². The summed E-state index contributed by atoms with van der Waals surface area (Å²) in [5.41, 5.74) is 2.00. The first kappa shape index (κ1) is 25.5. The maximum atomic E-state index is 13.7. The molecule has 10 heteroatoms. The molecule has 0 aliphatic carbocycles. The lowest BCUT2D eigenvalue weighted by Crippen LogP contribution is -2.39. The Bertz CT molecular complexity index is 1520. The number of carbonyl (C=O) groups is 2. The van der Waals surface area contributed by atoms with Crippen molar-refractivity contribution in [3.63, 3.8) is 0 Å². The van der Waals surface area contributed by atoms with Crippen molar-refractivity contribution in [1.82, 2.24) is 4.57 Å². The number of hydrogen-bond acceptors (Lipinski definition) is 8. The van der Waals surface area contributed by atoms with Crippen LogP contribution in [0.5, 0.6) is 5.75 Å². The zero-order valence-corrected chi connectivity index (χ0v) is 21.5. The average Bonchev–Trinajstić information content (AvgIpc) is 3.16. The molecule has 1 aliphatic rings. The molecule has 4 rings (SSSR count). The summed E-state index contributed by atoms with van der Waals surface area (Å²) in [5, 5.41) is 8.85. The highest BCUT2D eigenvalue weighted by atomic mass is 32.2. The maximum absolute atomic E-state index is 13.7. The largest absolute Gasteiger partial charge is 0.482 e. The molecule has 2 heterocycles. The van der Waals surface area contributed by atoms with Gasteiger partial charge in [-0.3, -0.25) is 9.36 Å². The van der Waals surface area contributed by atoms with E-state index in [1.54, 1.807) is 56.0 Å². The Labute approximate surface area is 215 Å². The number of nitrogens with zero attached hydrogens (tertiary/aromatic N) is 2. The van der Waals surface area contributed by atoms with E-state index in [0.717, 1.165) is 10.5 Å². The Kier molecular flexibility index (Phi) is 7.76. The van der Waals surface area contributed by atoms with Crippen LogP contribution in [0.15, 0.2) is 74.5 Å². The third kappa shape index (κ3) is 5.29. The Morgan fingerprint density at radius 2 is 1.97 bits per heavy atom. The van der Waals surface area contributed by atoms with Crippen LogP contribution in [0.4, 0.5) is 0 Å². The summed E-state index contributed by atoms with van der Waals surface area (Å²) in [4.78, 5) is 43.5. The zero-order valence-electron chi connectivity index (χ0n) is 19.9. The molecule has 186 valence electrons. The van der Waals surface area contributed by atoms with Crippen molar-refractivity contribution in [2.75, 3.05) is 19.5 Å². The minimum atomic E-state index is -1.08. The Morgan fingerprint density at radius 1 is 1.22 bits per heavy atom. The van der Waals surface area contributed by atoms with Crippen LogP contribution in [-0.2, 0) is 14.3 Å². The van der Waals surface area contributed by atoms with Gasteiger partial charge in [-0.2, -0.15) is 0 Å². The van der Waals surface area contributed by atoms with E-state index in [1.165, 1.54) is 15.9 Å².